The molecule has 3 rings (SSSR count). The Morgan fingerprint density at radius 3 is 2.88 bits per heavy atom. The van der Waals surface area contributed by atoms with Crippen LogP contribution in [0, 0.1) is 5.92 Å². The number of carbonyl (C=O) groups excluding carboxylic acids is 1. The maximum Gasteiger partial charge on any atom is 0.231 e. The molecule has 0 bridgehead atoms. The van der Waals surface area contributed by atoms with E-state index in [0.29, 0.717) is 0 Å². The molecule has 0 saturated heterocycles. The molecule has 138 valence electrons. The minimum absolute atomic E-state index is 0. The van der Waals surface area contributed by atoms with Crippen molar-refractivity contribution in [3.05, 3.63) is 10.6 Å². The predicted octanol–water partition coefficient (Wildman–Crippen LogP) is 3.21. The Bertz CT molecular complexity index is 564. The van der Waals surface area contributed by atoms with E-state index in [1.54, 1.807) is 11.3 Å². The average molecular weight is 395 g/mol. The summed E-state index contributed by atoms with van der Waals surface area (Å²) in [5, 5.41) is 3.77. The zero-order chi connectivity index (χ0) is 15.7. The number of hydrogen-bond donors (Lipinski definition) is 2. The number of nitrogens with one attached hydrogen (secondary N) is 1. The van der Waals surface area contributed by atoms with Crippen molar-refractivity contribution in [2.75, 3.05) is 18.4 Å². The first-order valence-corrected chi connectivity index (χ1v) is 9.12. The van der Waals surface area contributed by atoms with Gasteiger partial charge in [0.15, 0.2) is 5.13 Å². The molecule has 1 aromatic rings. The van der Waals surface area contributed by atoms with E-state index in [1.165, 1.54) is 4.88 Å². The van der Waals surface area contributed by atoms with E-state index in [9.17, 15) is 4.79 Å². The van der Waals surface area contributed by atoms with Crippen LogP contribution in [-0.4, -0.2) is 34.4 Å². The second kappa shape index (κ2) is 8.81. The van der Waals surface area contributed by atoms with E-state index in [0.717, 1.165) is 62.6 Å². The van der Waals surface area contributed by atoms with Gasteiger partial charge in [-0.05, 0) is 26.3 Å². The molecule has 3 N–H and O–H groups in total. The zero-order valence-corrected chi connectivity index (χ0v) is 16.8. The van der Waals surface area contributed by atoms with Gasteiger partial charge in [-0.15, -0.1) is 36.2 Å². The van der Waals surface area contributed by atoms with Gasteiger partial charge in [0.25, 0.3) is 0 Å². The summed E-state index contributed by atoms with van der Waals surface area (Å²) < 4.78 is 0. The molecule has 2 aliphatic rings. The fourth-order valence-corrected chi connectivity index (χ4v) is 4.61. The van der Waals surface area contributed by atoms with Crippen LogP contribution in [0.25, 0.3) is 0 Å². The van der Waals surface area contributed by atoms with E-state index in [1.807, 2.05) is 6.92 Å². The number of aromatic nitrogens is 1. The fourth-order valence-electron chi connectivity index (χ4n) is 3.55. The van der Waals surface area contributed by atoms with Crippen LogP contribution in [0.1, 0.15) is 50.1 Å². The van der Waals surface area contributed by atoms with E-state index >= 15 is 0 Å². The van der Waals surface area contributed by atoms with Crippen LogP contribution in [-0.2, 0) is 17.8 Å². The summed E-state index contributed by atoms with van der Waals surface area (Å²) in [7, 11) is 0. The lowest BCUT2D eigenvalue weighted by atomic mass is 9.74. The number of thiazole rings is 1. The molecular formula is C16H28Cl2N4OS. The Morgan fingerprint density at radius 2 is 2.21 bits per heavy atom. The van der Waals surface area contributed by atoms with Crippen molar-refractivity contribution in [2.45, 2.75) is 58.0 Å². The summed E-state index contributed by atoms with van der Waals surface area (Å²) >= 11 is 1.62. The second-order valence-corrected chi connectivity index (χ2v) is 7.88. The topological polar surface area (TPSA) is 71.2 Å². The first-order valence-electron chi connectivity index (χ1n) is 8.30. The van der Waals surface area contributed by atoms with Crippen LogP contribution in [0.5, 0.6) is 0 Å². The summed E-state index contributed by atoms with van der Waals surface area (Å²) in [6.07, 6.45) is 4.99. The molecule has 0 aromatic carbocycles. The molecule has 1 aliphatic heterocycles. The SMILES string of the molecule is CCN1CCc2nc(NC(=O)C3CCCCC3(C)N)sc2C1.Cl.Cl. The van der Waals surface area contributed by atoms with E-state index in [4.69, 9.17) is 5.73 Å². The first-order chi connectivity index (χ1) is 10.5. The lowest BCUT2D eigenvalue weighted by Gasteiger charge is -2.36. The van der Waals surface area contributed by atoms with E-state index < -0.39 is 5.54 Å². The first kappa shape index (κ1) is 21.6. The van der Waals surface area contributed by atoms with Gasteiger partial charge in [0.05, 0.1) is 11.6 Å². The monoisotopic (exact) mass is 394 g/mol. The lowest BCUT2D eigenvalue weighted by Crippen LogP contribution is -2.51. The highest BCUT2D eigenvalue weighted by molar-refractivity contribution is 7.15. The fraction of sp³-hybridized carbons (Fsp3) is 0.750. The van der Waals surface area contributed by atoms with Crippen LogP contribution < -0.4 is 11.1 Å². The van der Waals surface area contributed by atoms with Crippen molar-refractivity contribution < 1.29 is 4.79 Å². The Labute approximate surface area is 160 Å². The molecule has 1 aliphatic carbocycles. The molecule has 2 atom stereocenters. The molecule has 0 spiro atoms. The number of halogens is 2. The third kappa shape index (κ3) is 4.61. The number of anilines is 1. The molecule has 2 heterocycles. The predicted molar refractivity (Wildman–Crippen MR) is 104 cm³/mol. The van der Waals surface area contributed by atoms with Crippen LogP contribution in [0.15, 0.2) is 0 Å². The number of rotatable bonds is 3. The number of nitrogens with two attached hydrogens (primary N) is 1. The van der Waals surface area contributed by atoms with Gasteiger partial charge in [-0.1, -0.05) is 19.8 Å². The summed E-state index contributed by atoms with van der Waals surface area (Å²) in [4.78, 5) is 20.9. The van der Waals surface area contributed by atoms with Crippen molar-refractivity contribution in [1.29, 1.82) is 0 Å². The highest BCUT2D eigenvalue weighted by Gasteiger charge is 2.38. The highest BCUT2D eigenvalue weighted by atomic mass is 35.5. The Hall–Kier alpha value is -0.400. The molecule has 2 unspecified atom stereocenters. The Morgan fingerprint density at radius 1 is 1.46 bits per heavy atom. The number of likely N-dealkylation sites (N-methyl/N-ethyl adjacent to an activating group) is 1. The largest absolute Gasteiger partial charge is 0.325 e. The molecule has 24 heavy (non-hydrogen) atoms. The van der Waals surface area contributed by atoms with Gasteiger partial charge < -0.3 is 11.1 Å². The van der Waals surface area contributed by atoms with Gasteiger partial charge in [0, 0.05) is 29.9 Å². The number of fused-ring (bicyclic) bond motifs is 1. The Balaban J connectivity index is 0.00000144. The minimum Gasteiger partial charge on any atom is -0.325 e. The molecule has 0 radical (unpaired) electrons. The number of carbonyl (C=O) groups is 1. The van der Waals surface area contributed by atoms with Crippen LogP contribution in [0.2, 0.25) is 0 Å². The number of nitrogens with zero attached hydrogens (tertiary/aromatic N) is 2. The van der Waals surface area contributed by atoms with Gasteiger partial charge >= 0.3 is 0 Å². The summed E-state index contributed by atoms with van der Waals surface area (Å²) in [5.41, 5.74) is 7.09. The molecule has 1 aromatic heterocycles. The van der Waals surface area contributed by atoms with Gasteiger partial charge in [-0.25, -0.2) is 4.98 Å². The molecule has 1 saturated carbocycles. The van der Waals surface area contributed by atoms with E-state index in [-0.39, 0.29) is 36.6 Å². The van der Waals surface area contributed by atoms with Crippen molar-refractivity contribution in [3.63, 3.8) is 0 Å². The summed E-state index contributed by atoms with van der Waals surface area (Å²) in [6, 6.07) is 0. The molecular weight excluding hydrogens is 367 g/mol. The van der Waals surface area contributed by atoms with Gasteiger partial charge in [-0.3, -0.25) is 9.69 Å². The standard InChI is InChI=1S/C16H26N4OS.2ClH/c1-3-20-9-7-12-13(10-20)22-15(18-12)19-14(21)11-6-4-5-8-16(11,2)17;;/h11H,3-10,17H2,1-2H3,(H,18,19,21);2*1H. The van der Waals surface area contributed by atoms with Crippen molar-refractivity contribution in [2.24, 2.45) is 11.7 Å². The molecule has 1 amide bonds. The van der Waals surface area contributed by atoms with Crippen molar-refractivity contribution in [3.8, 4) is 0 Å². The van der Waals surface area contributed by atoms with Gasteiger partial charge in [0.1, 0.15) is 0 Å². The van der Waals surface area contributed by atoms with Gasteiger partial charge in [-0.2, -0.15) is 0 Å². The lowest BCUT2D eigenvalue weighted by molar-refractivity contribution is -0.122. The highest BCUT2D eigenvalue weighted by Crippen LogP contribution is 2.34. The Kier molecular flexibility index (Phi) is 7.94. The smallest absolute Gasteiger partial charge is 0.231 e. The maximum atomic E-state index is 12.6. The van der Waals surface area contributed by atoms with Crippen LogP contribution >= 0.6 is 36.2 Å². The maximum absolute atomic E-state index is 12.6. The number of hydrogen-bond acceptors (Lipinski definition) is 5. The second-order valence-electron chi connectivity index (χ2n) is 6.80. The summed E-state index contributed by atoms with van der Waals surface area (Å²) in [5.74, 6) is -0.0579. The molecule has 5 nitrogen and oxygen atoms in total. The van der Waals surface area contributed by atoms with Crippen LogP contribution in [0.3, 0.4) is 0 Å². The van der Waals surface area contributed by atoms with Crippen LogP contribution in [0.4, 0.5) is 5.13 Å². The van der Waals surface area contributed by atoms with Gasteiger partial charge in [0.2, 0.25) is 5.91 Å². The molecule has 1 fully saturated rings. The third-order valence-electron chi connectivity index (χ3n) is 5.06. The van der Waals surface area contributed by atoms with Crippen molar-refractivity contribution in [1.82, 2.24) is 9.88 Å². The minimum atomic E-state index is -0.391. The number of amides is 1. The van der Waals surface area contributed by atoms with Crippen molar-refractivity contribution >= 4 is 47.2 Å². The molecule has 8 heteroatoms. The summed E-state index contributed by atoms with van der Waals surface area (Å²) in [6.45, 7) is 7.26. The normalized spacial score (nSPS) is 26.7. The van der Waals surface area contributed by atoms with E-state index in [2.05, 4.69) is 22.1 Å². The zero-order valence-electron chi connectivity index (χ0n) is 14.3. The average Bonchev–Trinajstić information content (AvgIpc) is 2.87. The quantitative estimate of drug-likeness (QED) is 0.825. The third-order valence-corrected chi connectivity index (χ3v) is 6.06.